The zero-order valence-electron chi connectivity index (χ0n) is 9.38. The fourth-order valence-corrected chi connectivity index (χ4v) is 2.94. The number of methoxy groups -OCH3 is 1. The number of cyclic esters (lactones) is 1. The summed E-state index contributed by atoms with van der Waals surface area (Å²) < 4.78 is 9.71. The zero-order chi connectivity index (χ0) is 12.0. The van der Waals surface area contributed by atoms with Crippen LogP contribution < -0.4 is 0 Å². The Bertz CT molecular complexity index is 481. The van der Waals surface area contributed by atoms with Gasteiger partial charge in [-0.3, -0.25) is 9.59 Å². The molecule has 3 rings (SSSR count). The van der Waals surface area contributed by atoms with Gasteiger partial charge in [-0.05, 0) is 5.56 Å². The number of benzene rings is 1. The summed E-state index contributed by atoms with van der Waals surface area (Å²) in [6.07, 6.45) is 0. The van der Waals surface area contributed by atoms with Crippen LogP contribution in [0.2, 0.25) is 0 Å². The molecule has 88 valence electrons. The van der Waals surface area contributed by atoms with Gasteiger partial charge in [0.15, 0.2) is 5.41 Å². The van der Waals surface area contributed by atoms with Gasteiger partial charge in [-0.2, -0.15) is 0 Å². The molecule has 1 saturated heterocycles. The summed E-state index contributed by atoms with van der Waals surface area (Å²) in [6, 6.07) is 9.58. The fraction of sp³-hybridized carbons (Fsp3) is 0.385. The Kier molecular flexibility index (Phi) is 2.02. The van der Waals surface area contributed by atoms with E-state index in [1.807, 2.05) is 30.3 Å². The summed E-state index contributed by atoms with van der Waals surface area (Å²) >= 11 is 0. The van der Waals surface area contributed by atoms with Gasteiger partial charge in [-0.25, -0.2) is 0 Å². The van der Waals surface area contributed by atoms with Crippen molar-refractivity contribution in [3.05, 3.63) is 35.9 Å². The lowest BCUT2D eigenvalue weighted by atomic mass is 9.99. The highest BCUT2D eigenvalue weighted by Gasteiger charge is 2.80. The standard InChI is InChI=1S/C13H12O4/c1-16-11(14)13-9(7-17-12(13)15)10(13)8-5-3-2-4-6-8/h2-6,9-10H,7H2,1H3/t9?,10?,13-/m1/s1. The number of hydrogen-bond donors (Lipinski definition) is 0. The highest BCUT2D eigenvalue weighted by atomic mass is 16.6. The molecule has 0 amide bonds. The minimum Gasteiger partial charge on any atom is -0.468 e. The second-order valence-electron chi connectivity index (χ2n) is 4.45. The molecule has 3 atom stereocenters. The van der Waals surface area contributed by atoms with Gasteiger partial charge in [-0.15, -0.1) is 0 Å². The van der Waals surface area contributed by atoms with Crippen LogP contribution in [0, 0.1) is 11.3 Å². The molecule has 0 N–H and O–H groups in total. The molecule has 0 radical (unpaired) electrons. The van der Waals surface area contributed by atoms with Crippen LogP contribution in [0.25, 0.3) is 0 Å². The van der Waals surface area contributed by atoms with Crippen LogP contribution in [0.5, 0.6) is 0 Å². The third kappa shape index (κ3) is 1.12. The van der Waals surface area contributed by atoms with Crippen LogP contribution in [0.4, 0.5) is 0 Å². The van der Waals surface area contributed by atoms with Crippen LogP contribution in [0.3, 0.4) is 0 Å². The van der Waals surface area contributed by atoms with E-state index in [0.717, 1.165) is 5.56 Å². The van der Waals surface area contributed by atoms with E-state index in [0.29, 0.717) is 6.61 Å². The van der Waals surface area contributed by atoms with E-state index in [-0.39, 0.29) is 11.8 Å². The van der Waals surface area contributed by atoms with Gasteiger partial charge in [0.2, 0.25) is 0 Å². The molecule has 2 fully saturated rings. The lowest BCUT2D eigenvalue weighted by molar-refractivity contribution is -0.158. The first-order valence-corrected chi connectivity index (χ1v) is 5.53. The average Bonchev–Trinajstić information content (AvgIpc) is 2.95. The summed E-state index contributed by atoms with van der Waals surface area (Å²) in [6.45, 7) is 0.313. The third-order valence-electron chi connectivity index (χ3n) is 3.78. The van der Waals surface area contributed by atoms with Crippen molar-refractivity contribution in [2.75, 3.05) is 13.7 Å². The van der Waals surface area contributed by atoms with Crippen LogP contribution in [0.15, 0.2) is 30.3 Å². The largest absolute Gasteiger partial charge is 0.468 e. The van der Waals surface area contributed by atoms with Crippen molar-refractivity contribution >= 4 is 11.9 Å². The lowest BCUT2D eigenvalue weighted by Gasteiger charge is -2.11. The number of carbonyl (C=O) groups excluding carboxylic acids is 2. The second kappa shape index (κ2) is 3.32. The van der Waals surface area contributed by atoms with Crippen molar-refractivity contribution in [3.63, 3.8) is 0 Å². The maximum Gasteiger partial charge on any atom is 0.324 e. The van der Waals surface area contributed by atoms with E-state index in [9.17, 15) is 9.59 Å². The first-order chi connectivity index (χ1) is 8.22. The number of rotatable bonds is 2. The van der Waals surface area contributed by atoms with Gasteiger partial charge >= 0.3 is 11.9 Å². The lowest BCUT2D eigenvalue weighted by Crippen LogP contribution is -2.28. The van der Waals surface area contributed by atoms with Crippen molar-refractivity contribution in [2.24, 2.45) is 11.3 Å². The minimum atomic E-state index is -1.07. The average molecular weight is 232 g/mol. The van der Waals surface area contributed by atoms with Crippen LogP contribution in [0.1, 0.15) is 11.5 Å². The molecular formula is C13H12O4. The quantitative estimate of drug-likeness (QED) is 0.566. The van der Waals surface area contributed by atoms with E-state index < -0.39 is 17.4 Å². The number of ether oxygens (including phenoxy) is 2. The predicted molar refractivity (Wildman–Crippen MR) is 58.1 cm³/mol. The summed E-state index contributed by atoms with van der Waals surface area (Å²) in [7, 11) is 1.31. The van der Waals surface area contributed by atoms with Crippen molar-refractivity contribution in [3.8, 4) is 0 Å². The van der Waals surface area contributed by atoms with Crippen LogP contribution in [-0.4, -0.2) is 25.7 Å². The summed E-state index contributed by atoms with van der Waals surface area (Å²) in [4.78, 5) is 23.6. The van der Waals surface area contributed by atoms with E-state index in [1.165, 1.54) is 7.11 Å². The molecule has 1 aromatic carbocycles. The molecule has 17 heavy (non-hydrogen) atoms. The van der Waals surface area contributed by atoms with Gasteiger partial charge in [0.1, 0.15) is 0 Å². The van der Waals surface area contributed by atoms with Gasteiger partial charge < -0.3 is 9.47 Å². The van der Waals surface area contributed by atoms with Gasteiger partial charge in [0, 0.05) is 11.8 Å². The van der Waals surface area contributed by atoms with Crippen molar-refractivity contribution in [1.82, 2.24) is 0 Å². The number of carbonyl (C=O) groups is 2. The molecule has 1 aliphatic carbocycles. The molecule has 2 aliphatic rings. The smallest absolute Gasteiger partial charge is 0.324 e. The second-order valence-corrected chi connectivity index (χ2v) is 4.45. The Morgan fingerprint density at radius 1 is 1.41 bits per heavy atom. The molecule has 4 heteroatoms. The molecule has 1 aliphatic heterocycles. The maximum atomic E-state index is 11.8. The van der Waals surface area contributed by atoms with E-state index >= 15 is 0 Å². The first kappa shape index (κ1) is 10.3. The van der Waals surface area contributed by atoms with Crippen molar-refractivity contribution in [1.29, 1.82) is 0 Å². The van der Waals surface area contributed by atoms with E-state index in [2.05, 4.69) is 0 Å². The van der Waals surface area contributed by atoms with E-state index in [4.69, 9.17) is 9.47 Å². The monoisotopic (exact) mass is 232 g/mol. The molecule has 1 saturated carbocycles. The molecule has 0 bridgehead atoms. The SMILES string of the molecule is COC(=O)[C@@]12C(=O)OCC1C2c1ccccc1. The maximum absolute atomic E-state index is 11.8. The normalized spacial score (nSPS) is 33.8. The Hall–Kier alpha value is -1.84. The summed E-state index contributed by atoms with van der Waals surface area (Å²) in [5.74, 6) is -1.07. The number of hydrogen-bond acceptors (Lipinski definition) is 4. The Morgan fingerprint density at radius 2 is 2.12 bits per heavy atom. The molecule has 1 aromatic rings. The molecule has 0 spiro atoms. The van der Waals surface area contributed by atoms with Crippen molar-refractivity contribution in [2.45, 2.75) is 5.92 Å². The number of fused-ring (bicyclic) bond motifs is 1. The zero-order valence-corrected chi connectivity index (χ0v) is 9.38. The topological polar surface area (TPSA) is 52.6 Å². The third-order valence-corrected chi connectivity index (χ3v) is 3.78. The minimum absolute atomic E-state index is 0.0650. The highest BCUT2D eigenvalue weighted by Crippen LogP contribution is 2.69. The van der Waals surface area contributed by atoms with Gasteiger partial charge in [0.05, 0.1) is 13.7 Å². The Morgan fingerprint density at radius 3 is 2.76 bits per heavy atom. The van der Waals surface area contributed by atoms with Crippen LogP contribution >= 0.6 is 0 Å². The molecule has 0 aromatic heterocycles. The fourth-order valence-electron chi connectivity index (χ4n) is 2.94. The predicted octanol–water partition coefficient (Wildman–Crippen LogP) is 1.12. The number of esters is 2. The summed E-state index contributed by atoms with van der Waals surface area (Å²) in [5, 5.41) is 0. The first-order valence-electron chi connectivity index (χ1n) is 5.53. The molecular weight excluding hydrogens is 220 g/mol. The summed E-state index contributed by atoms with van der Waals surface area (Å²) in [5.41, 5.74) is -0.0737. The van der Waals surface area contributed by atoms with Crippen LogP contribution in [-0.2, 0) is 19.1 Å². The molecule has 4 nitrogen and oxygen atoms in total. The molecule has 1 heterocycles. The van der Waals surface area contributed by atoms with Gasteiger partial charge in [-0.1, -0.05) is 30.3 Å². The van der Waals surface area contributed by atoms with Gasteiger partial charge in [0.25, 0.3) is 0 Å². The Labute approximate surface area is 98.5 Å². The van der Waals surface area contributed by atoms with E-state index in [1.54, 1.807) is 0 Å². The van der Waals surface area contributed by atoms with Crippen molar-refractivity contribution < 1.29 is 19.1 Å². The Balaban J connectivity index is 2.01. The molecule has 2 unspecified atom stereocenters. The highest BCUT2D eigenvalue weighted by molar-refractivity contribution is 6.07.